The summed E-state index contributed by atoms with van der Waals surface area (Å²) in [4.78, 5) is 2.57. The van der Waals surface area contributed by atoms with Gasteiger partial charge in [-0.15, -0.1) is 0 Å². The van der Waals surface area contributed by atoms with Crippen LogP contribution in [0.3, 0.4) is 0 Å². The van der Waals surface area contributed by atoms with E-state index in [0.29, 0.717) is 17.9 Å². The summed E-state index contributed by atoms with van der Waals surface area (Å²) in [5.74, 6) is 1.94. The lowest BCUT2D eigenvalue weighted by Gasteiger charge is -2.39. The van der Waals surface area contributed by atoms with Gasteiger partial charge in [-0.2, -0.15) is 0 Å². The van der Waals surface area contributed by atoms with E-state index in [4.69, 9.17) is 0 Å². The van der Waals surface area contributed by atoms with E-state index in [2.05, 4.69) is 31.0 Å². The smallest absolute Gasteiger partial charge is 0.0566 e. The second-order valence-corrected chi connectivity index (χ2v) is 8.11. The van der Waals surface area contributed by atoms with E-state index in [9.17, 15) is 5.11 Å². The van der Waals surface area contributed by atoms with Crippen LogP contribution in [0.15, 0.2) is 0 Å². The van der Waals surface area contributed by atoms with Gasteiger partial charge < -0.3 is 15.3 Å². The number of nitrogens with zero attached hydrogens (tertiary/aromatic N) is 1. The molecule has 2 fully saturated rings. The van der Waals surface area contributed by atoms with Crippen LogP contribution in [0.4, 0.5) is 0 Å². The molecule has 0 amide bonds. The fraction of sp³-hybridized carbons (Fsp3) is 1.00. The molecule has 0 spiro atoms. The lowest BCUT2D eigenvalue weighted by Crippen LogP contribution is -2.50. The van der Waals surface area contributed by atoms with Crippen molar-refractivity contribution >= 4 is 0 Å². The standard InChI is InChI=1S/C19H38N2O/c1-4-21-13-17(11-19(22)15(2)3)10-18(14-21)20-12-16-8-6-5-7-9-16/h15-20,22H,4-14H2,1-3H3. The Morgan fingerprint density at radius 1 is 1.09 bits per heavy atom. The highest BCUT2D eigenvalue weighted by atomic mass is 16.3. The summed E-state index contributed by atoms with van der Waals surface area (Å²) in [7, 11) is 0. The molecule has 1 aliphatic carbocycles. The van der Waals surface area contributed by atoms with Gasteiger partial charge in [-0.3, -0.25) is 0 Å². The molecule has 3 atom stereocenters. The van der Waals surface area contributed by atoms with Crippen LogP contribution in [0.2, 0.25) is 0 Å². The second-order valence-electron chi connectivity index (χ2n) is 8.11. The largest absolute Gasteiger partial charge is 0.393 e. The zero-order valence-corrected chi connectivity index (χ0v) is 15.1. The Hall–Kier alpha value is -0.120. The van der Waals surface area contributed by atoms with Gasteiger partial charge in [0.1, 0.15) is 0 Å². The number of aliphatic hydroxyl groups excluding tert-OH is 1. The third kappa shape index (κ3) is 5.82. The summed E-state index contributed by atoms with van der Waals surface area (Å²) in [5, 5.41) is 14.1. The van der Waals surface area contributed by atoms with Gasteiger partial charge in [0.15, 0.2) is 0 Å². The van der Waals surface area contributed by atoms with Gasteiger partial charge in [-0.25, -0.2) is 0 Å². The highest BCUT2D eigenvalue weighted by Crippen LogP contribution is 2.26. The highest BCUT2D eigenvalue weighted by molar-refractivity contribution is 4.85. The highest BCUT2D eigenvalue weighted by Gasteiger charge is 2.29. The number of piperidine rings is 1. The number of nitrogens with one attached hydrogen (secondary N) is 1. The summed E-state index contributed by atoms with van der Waals surface area (Å²) in [6.45, 7) is 11.2. The van der Waals surface area contributed by atoms with E-state index < -0.39 is 0 Å². The van der Waals surface area contributed by atoms with Crippen molar-refractivity contribution in [1.29, 1.82) is 0 Å². The van der Waals surface area contributed by atoms with E-state index in [1.54, 1.807) is 0 Å². The topological polar surface area (TPSA) is 35.5 Å². The Labute approximate surface area is 137 Å². The first-order chi connectivity index (χ1) is 10.6. The number of aliphatic hydroxyl groups is 1. The summed E-state index contributed by atoms with van der Waals surface area (Å²) in [6, 6.07) is 0.625. The summed E-state index contributed by atoms with van der Waals surface area (Å²) in [6.07, 6.45) is 9.23. The van der Waals surface area contributed by atoms with Gasteiger partial charge in [0.05, 0.1) is 6.10 Å². The summed E-state index contributed by atoms with van der Waals surface area (Å²) >= 11 is 0. The molecule has 130 valence electrons. The summed E-state index contributed by atoms with van der Waals surface area (Å²) in [5.41, 5.74) is 0. The molecule has 3 heteroatoms. The maximum absolute atomic E-state index is 10.2. The molecule has 1 aliphatic heterocycles. The normalized spacial score (nSPS) is 29.9. The average Bonchev–Trinajstić information content (AvgIpc) is 2.53. The van der Waals surface area contributed by atoms with Crippen LogP contribution in [0, 0.1) is 17.8 Å². The van der Waals surface area contributed by atoms with Gasteiger partial charge in [-0.05, 0) is 56.5 Å². The lowest BCUT2D eigenvalue weighted by atomic mass is 9.86. The molecular weight excluding hydrogens is 272 g/mol. The van der Waals surface area contributed by atoms with Crippen molar-refractivity contribution < 1.29 is 5.11 Å². The van der Waals surface area contributed by atoms with Crippen LogP contribution in [0.25, 0.3) is 0 Å². The molecule has 1 saturated carbocycles. The van der Waals surface area contributed by atoms with E-state index >= 15 is 0 Å². The Kier molecular flexibility index (Phi) is 7.66. The van der Waals surface area contributed by atoms with Crippen LogP contribution in [0.1, 0.15) is 65.7 Å². The molecule has 0 radical (unpaired) electrons. The lowest BCUT2D eigenvalue weighted by molar-refractivity contribution is 0.0624. The summed E-state index contributed by atoms with van der Waals surface area (Å²) < 4.78 is 0. The maximum atomic E-state index is 10.2. The van der Waals surface area contributed by atoms with Gasteiger partial charge >= 0.3 is 0 Å². The molecule has 3 nitrogen and oxygen atoms in total. The molecule has 2 N–H and O–H groups in total. The van der Waals surface area contributed by atoms with Gasteiger partial charge in [0, 0.05) is 19.1 Å². The molecule has 3 unspecified atom stereocenters. The van der Waals surface area contributed by atoms with Crippen LogP contribution >= 0.6 is 0 Å². The number of likely N-dealkylation sites (tertiary alicyclic amines) is 1. The third-order valence-electron chi connectivity index (χ3n) is 5.82. The molecule has 22 heavy (non-hydrogen) atoms. The van der Waals surface area contributed by atoms with E-state index in [0.717, 1.165) is 18.9 Å². The molecule has 0 aromatic rings. The first-order valence-electron chi connectivity index (χ1n) is 9.72. The monoisotopic (exact) mass is 310 g/mol. The molecule has 0 aromatic heterocycles. The van der Waals surface area contributed by atoms with Gasteiger partial charge in [0.2, 0.25) is 0 Å². The van der Waals surface area contributed by atoms with Gasteiger partial charge in [0.25, 0.3) is 0 Å². The molecule has 0 bridgehead atoms. The fourth-order valence-electron chi connectivity index (χ4n) is 4.22. The van der Waals surface area contributed by atoms with Crippen LogP contribution < -0.4 is 5.32 Å². The molecule has 1 heterocycles. The number of likely N-dealkylation sites (N-methyl/N-ethyl adjacent to an activating group) is 1. The zero-order valence-electron chi connectivity index (χ0n) is 15.1. The zero-order chi connectivity index (χ0) is 15.9. The second kappa shape index (κ2) is 9.24. The predicted octanol–water partition coefficient (Wildman–Crippen LogP) is 3.27. The minimum absolute atomic E-state index is 0.138. The van der Waals surface area contributed by atoms with Crippen molar-refractivity contribution in [1.82, 2.24) is 10.2 Å². The Morgan fingerprint density at radius 3 is 2.45 bits per heavy atom. The predicted molar refractivity (Wildman–Crippen MR) is 94.0 cm³/mol. The van der Waals surface area contributed by atoms with Crippen molar-refractivity contribution in [3.05, 3.63) is 0 Å². The van der Waals surface area contributed by atoms with E-state index in [1.807, 2.05) is 0 Å². The van der Waals surface area contributed by atoms with Crippen molar-refractivity contribution in [2.24, 2.45) is 17.8 Å². The van der Waals surface area contributed by atoms with Crippen LogP contribution in [-0.2, 0) is 0 Å². The molecule has 2 aliphatic rings. The Balaban J connectivity index is 1.79. The third-order valence-corrected chi connectivity index (χ3v) is 5.82. The van der Waals surface area contributed by atoms with E-state index in [1.165, 1.54) is 58.2 Å². The van der Waals surface area contributed by atoms with Crippen molar-refractivity contribution in [3.8, 4) is 0 Å². The van der Waals surface area contributed by atoms with Crippen LogP contribution in [-0.4, -0.2) is 48.3 Å². The average molecular weight is 311 g/mol. The number of rotatable bonds is 7. The maximum Gasteiger partial charge on any atom is 0.0566 e. The first kappa shape index (κ1) is 18.2. The Bertz CT molecular complexity index is 302. The quantitative estimate of drug-likeness (QED) is 0.757. The van der Waals surface area contributed by atoms with E-state index in [-0.39, 0.29) is 6.10 Å². The molecular formula is C19H38N2O. The minimum Gasteiger partial charge on any atom is -0.393 e. The fourth-order valence-corrected chi connectivity index (χ4v) is 4.22. The number of hydrogen-bond acceptors (Lipinski definition) is 3. The number of hydrogen-bond donors (Lipinski definition) is 2. The first-order valence-corrected chi connectivity index (χ1v) is 9.72. The Morgan fingerprint density at radius 2 is 1.82 bits per heavy atom. The van der Waals surface area contributed by atoms with Crippen LogP contribution in [0.5, 0.6) is 0 Å². The molecule has 2 rings (SSSR count). The molecule has 1 saturated heterocycles. The molecule has 0 aromatic carbocycles. The van der Waals surface area contributed by atoms with Crippen molar-refractivity contribution in [3.63, 3.8) is 0 Å². The van der Waals surface area contributed by atoms with Gasteiger partial charge in [-0.1, -0.05) is 40.0 Å². The SMILES string of the molecule is CCN1CC(CC(O)C(C)C)CC(NCC2CCCCC2)C1. The van der Waals surface area contributed by atoms with Crippen molar-refractivity contribution in [2.75, 3.05) is 26.2 Å². The van der Waals surface area contributed by atoms with Crippen molar-refractivity contribution in [2.45, 2.75) is 77.9 Å². The minimum atomic E-state index is -0.138.